The first kappa shape index (κ1) is 12.5. The standard InChI is InChI=1S/C12H22N4O/c1-3-13-8-11-4-6-16(7-5-11)9-12-15-14-10(2)17-12/h11,13H,3-9H2,1-2H3. The molecule has 0 aliphatic carbocycles. The second-order valence-corrected chi connectivity index (χ2v) is 4.74. The summed E-state index contributed by atoms with van der Waals surface area (Å²) in [6.45, 7) is 9.29. The normalized spacial score (nSPS) is 18.7. The summed E-state index contributed by atoms with van der Waals surface area (Å²) < 4.78 is 5.40. The van der Waals surface area contributed by atoms with Crippen molar-refractivity contribution in [2.45, 2.75) is 33.2 Å². The molecule has 0 spiro atoms. The molecule has 1 aromatic rings. The molecule has 0 bridgehead atoms. The van der Waals surface area contributed by atoms with Crippen LogP contribution >= 0.6 is 0 Å². The molecule has 5 nitrogen and oxygen atoms in total. The van der Waals surface area contributed by atoms with Crippen molar-refractivity contribution in [2.75, 3.05) is 26.2 Å². The fourth-order valence-corrected chi connectivity index (χ4v) is 2.29. The lowest BCUT2D eigenvalue weighted by atomic mass is 9.97. The van der Waals surface area contributed by atoms with E-state index in [2.05, 4.69) is 27.3 Å². The van der Waals surface area contributed by atoms with Crippen molar-refractivity contribution in [3.63, 3.8) is 0 Å². The Balaban J connectivity index is 1.72. The maximum atomic E-state index is 5.40. The predicted octanol–water partition coefficient (Wildman–Crippen LogP) is 1.20. The second-order valence-electron chi connectivity index (χ2n) is 4.74. The van der Waals surface area contributed by atoms with Crippen LogP contribution < -0.4 is 5.32 Å². The highest BCUT2D eigenvalue weighted by molar-refractivity contribution is 4.81. The molecule has 17 heavy (non-hydrogen) atoms. The monoisotopic (exact) mass is 238 g/mol. The maximum Gasteiger partial charge on any atom is 0.230 e. The van der Waals surface area contributed by atoms with Crippen molar-refractivity contribution in [1.29, 1.82) is 0 Å². The number of piperidine rings is 1. The molecule has 0 atom stereocenters. The van der Waals surface area contributed by atoms with Gasteiger partial charge in [-0.3, -0.25) is 4.90 Å². The minimum absolute atomic E-state index is 0.655. The fraction of sp³-hybridized carbons (Fsp3) is 0.833. The molecular formula is C12H22N4O. The quantitative estimate of drug-likeness (QED) is 0.835. The maximum absolute atomic E-state index is 5.40. The first-order chi connectivity index (χ1) is 8.28. The Morgan fingerprint density at radius 1 is 1.35 bits per heavy atom. The molecule has 2 heterocycles. The van der Waals surface area contributed by atoms with Gasteiger partial charge in [-0.1, -0.05) is 6.92 Å². The molecule has 1 fully saturated rings. The summed E-state index contributed by atoms with van der Waals surface area (Å²) in [6, 6.07) is 0. The summed E-state index contributed by atoms with van der Waals surface area (Å²) in [6.07, 6.45) is 2.53. The number of aromatic nitrogens is 2. The van der Waals surface area contributed by atoms with Crippen molar-refractivity contribution in [3.8, 4) is 0 Å². The van der Waals surface area contributed by atoms with E-state index in [1.807, 2.05) is 6.92 Å². The first-order valence-corrected chi connectivity index (χ1v) is 6.50. The molecule has 0 unspecified atom stereocenters. The minimum atomic E-state index is 0.655. The zero-order chi connectivity index (χ0) is 12.1. The third-order valence-corrected chi connectivity index (χ3v) is 3.32. The van der Waals surface area contributed by atoms with E-state index in [9.17, 15) is 0 Å². The summed E-state index contributed by atoms with van der Waals surface area (Å²) >= 11 is 0. The van der Waals surface area contributed by atoms with Gasteiger partial charge in [0.25, 0.3) is 0 Å². The molecule has 0 amide bonds. The van der Waals surface area contributed by atoms with E-state index in [4.69, 9.17) is 4.42 Å². The Labute approximate surface area is 103 Å². The van der Waals surface area contributed by atoms with Crippen LogP contribution in [0.4, 0.5) is 0 Å². The number of hydrogen-bond donors (Lipinski definition) is 1. The van der Waals surface area contributed by atoms with Crippen molar-refractivity contribution >= 4 is 0 Å². The van der Waals surface area contributed by atoms with Crippen LogP contribution in [0.1, 0.15) is 31.5 Å². The number of aryl methyl sites for hydroxylation is 1. The summed E-state index contributed by atoms with van der Waals surface area (Å²) in [5.41, 5.74) is 0. The molecule has 1 N–H and O–H groups in total. The Hall–Kier alpha value is -0.940. The highest BCUT2D eigenvalue weighted by Crippen LogP contribution is 2.17. The van der Waals surface area contributed by atoms with E-state index in [0.29, 0.717) is 5.89 Å². The summed E-state index contributed by atoms with van der Waals surface area (Å²) in [7, 11) is 0. The lowest BCUT2D eigenvalue weighted by Crippen LogP contribution is -2.36. The Kier molecular flexibility index (Phi) is 4.50. The number of rotatable bonds is 5. The first-order valence-electron chi connectivity index (χ1n) is 6.50. The van der Waals surface area contributed by atoms with Crippen LogP contribution in [0.3, 0.4) is 0 Å². The molecule has 2 rings (SSSR count). The predicted molar refractivity (Wildman–Crippen MR) is 65.6 cm³/mol. The molecular weight excluding hydrogens is 216 g/mol. The van der Waals surface area contributed by atoms with Gasteiger partial charge in [0.2, 0.25) is 11.8 Å². The van der Waals surface area contributed by atoms with Crippen LogP contribution in [0, 0.1) is 12.8 Å². The van der Waals surface area contributed by atoms with Gasteiger partial charge in [-0.05, 0) is 44.9 Å². The van der Waals surface area contributed by atoms with Crippen molar-refractivity contribution in [3.05, 3.63) is 11.8 Å². The van der Waals surface area contributed by atoms with Crippen molar-refractivity contribution in [2.24, 2.45) is 5.92 Å². The zero-order valence-corrected chi connectivity index (χ0v) is 10.8. The van der Waals surface area contributed by atoms with Crippen LogP contribution in [0.15, 0.2) is 4.42 Å². The van der Waals surface area contributed by atoms with Crippen LogP contribution in [-0.4, -0.2) is 41.3 Å². The van der Waals surface area contributed by atoms with Crippen molar-refractivity contribution < 1.29 is 4.42 Å². The van der Waals surface area contributed by atoms with E-state index in [1.165, 1.54) is 12.8 Å². The molecule has 1 aromatic heterocycles. The van der Waals surface area contributed by atoms with Gasteiger partial charge in [0, 0.05) is 6.92 Å². The molecule has 1 aliphatic rings. The highest BCUT2D eigenvalue weighted by Gasteiger charge is 2.20. The summed E-state index contributed by atoms with van der Waals surface area (Å²) in [5.74, 6) is 2.23. The van der Waals surface area contributed by atoms with E-state index in [0.717, 1.165) is 44.5 Å². The smallest absolute Gasteiger partial charge is 0.230 e. The topological polar surface area (TPSA) is 54.2 Å². The number of nitrogens with one attached hydrogen (secondary N) is 1. The minimum Gasteiger partial charge on any atom is -0.424 e. The van der Waals surface area contributed by atoms with Gasteiger partial charge in [-0.25, -0.2) is 0 Å². The number of nitrogens with zero attached hydrogens (tertiary/aromatic N) is 3. The van der Waals surface area contributed by atoms with Gasteiger partial charge in [0.1, 0.15) is 0 Å². The molecule has 5 heteroatoms. The van der Waals surface area contributed by atoms with Gasteiger partial charge in [-0.2, -0.15) is 0 Å². The molecule has 96 valence electrons. The molecule has 0 saturated carbocycles. The molecule has 0 radical (unpaired) electrons. The summed E-state index contributed by atoms with van der Waals surface area (Å²) in [5, 5.41) is 11.3. The van der Waals surface area contributed by atoms with Crippen molar-refractivity contribution in [1.82, 2.24) is 20.4 Å². The Morgan fingerprint density at radius 2 is 2.12 bits per heavy atom. The third-order valence-electron chi connectivity index (χ3n) is 3.32. The lowest BCUT2D eigenvalue weighted by Gasteiger charge is -2.30. The SMILES string of the molecule is CCNCC1CCN(Cc2nnc(C)o2)CC1. The number of hydrogen-bond acceptors (Lipinski definition) is 5. The van der Waals surface area contributed by atoms with Crippen LogP contribution in [0.25, 0.3) is 0 Å². The Bertz CT molecular complexity index is 331. The van der Waals surface area contributed by atoms with E-state index in [1.54, 1.807) is 0 Å². The molecule has 0 aromatic carbocycles. The largest absolute Gasteiger partial charge is 0.424 e. The van der Waals surface area contributed by atoms with Crippen LogP contribution in [0.5, 0.6) is 0 Å². The average Bonchev–Trinajstić information content (AvgIpc) is 2.74. The zero-order valence-electron chi connectivity index (χ0n) is 10.8. The number of likely N-dealkylation sites (tertiary alicyclic amines) is 1. The van der Waals surface area contributed by atoms with Gasteiger partial charge in [0.15, 0.2) is 0 Å². The lowest BCUT2D eigenvalue weighted by molar-refractivity contribution is 0.162. The van der Waals surface area contributed by atoms with Crippen LogP contribution in [-0.2, 0) is 6.54 Å². The van der Waals surface area contributed by atoms with Gasteiger partial charge >= 0.3 is 0 Å². The highest BCUT2D eigenvalue weighted by atomic mass is 16.4. The van der Waals surface area contributed by atoms with E-state index in [-0.39, 0.29) is 0 Å². The Morgan fingerprint density at radius 3 is 2.71 bits per heavy atom. The average molecular weight is 238 g/mol. The second kappa shape index (κ2) is 6.12. The van der Waals surface area contributed by atoms with E-state index < -0.39 is 0 Å². The molecule has 1 aliphatic heterocycles. The van der Waals surface area contributed by atoms with E-state index >= 15 is 0 Å². The fourth-order valence-electron chi connectivity index (χ4n) is 2.29. The van der Waals surface area contributed by atoms with Gasteiger partial charge in [0.05, 0.1) is 6.54 Å². The molecule has 1 saturated heterocycles. The van der Waals surface area contributed by atoms with Gasteiger partial charge < -0.3 is 9.73 Å². The van der Waals surface area contributed by atoms with Crippen LogP contribution in [0.2, 0.25) is 0 Å². The third kappa shape index (κ3) is 3.78. The summed E-state index contributed by atoms with van der Waals surface area (Å²) in [4.78, 5) is 2.40. The van der Waals surface area contributed by atoms with Gasteiger partial charge in [-0.15, -0.1) is 10.2 Å².